The number of anilines is 1. The number of nitrogens with zero attached hydrogens (tertiary/aromatic N) is 3. The van der Waals surface area contributed by atoms with Gasteiger partial charge in [0.1, 0.15) is 4.88 Å². The molecule has 1 aromatic heterocycles. The van der Waals surface area contributed by atoms with Crippen LogP contribution in [0.4, 0.5) is 18.9 Å². The monoisotopic (exact) mass is 412 g/mol. The van der Waals surface area contributed by atoms with E-state index in [1.807, 2.05) is 11.8 Å². The summed E-state index contributed by atoms with van der Waals surface area (Å²) < 4.78 is 38.6. The predicted molar refractivity (Wildman–Crippen MR) is 104 cm³/mol. The molecule has 0 bridgehead atoms. The van der Waals surface area contributed by atoms with Crippen molar-refractivity contribution in [3.05, 3.63) is 45.9 Å². The van der Waals surface area contributed by atoms with Crippen LogP contribution < -0.4 is 10.2 Å². The van der Waals surface area contributed by atoms with Crippen molar-refractivity contribution in [1.82, 2.24) is 15.2 Å². The van der Waals surface area contributed by atoms with Crippen LogP contribution in [0.15, 0.2) is 29.8 Å². The molecule has 0 unspecified atom stereocenters. The maximum atomic E-state index is 12.9. The number of hydrogen-bond donors (Lipinski definition) is 1. The molecular formula is C19H23F3N4OS. The SMILES string of the molecule is Cc1ncsc1C(=O)NCCCN1CCN(c2cccc(C(F)(F)F)c2)CC1. The van der Waals surface area contributed by atoms with Gasteiger partial charge in [-0.3, -0.25) is 9.69 Å². The Morgan fingerprint density at radius 3 is 2.64 bits per heavy atom. The van der Waals surface area contributed by atoms with Gasteiger partial charge in [-0.25, -0.2) is 4.98 Å². The minimum Gasteiger partial charge on any atom is -0.369 e. The third-order valence-electron chi connectivity index (χ3n) is 4.80. The molecule has 1 amide bonds. The van der Waals surface area contributed by atoms with Gasteiger partial charge in [-0.15, -0.1) is 11.3 Å². The highest BCUT2D eigenvalue weighted by Gasteiger charge is 2.31. The number of nitrogens with one attached hydrogen (secondary N) is 1. The molecule has 1 fully saturated rings. The zero-order valence-electron chi connectivity index (χ0n) is 15.6. The summed E-state index contributed by atoms with van der Waals surface area (Å²) in [5, 5.41) is 2.91. The lowest BCUT2D eigenvalue weighted by Crippen LogP contribution is -2.47. The predicted octanol–water partition coefficient (Wildman–Crippen LogP) is 3.41. The Kier molecular flexibility index (Phi) is 6.56. The number of halogens is 3. The molecule has 2 heterocycles. The number of aryl methyl sites for hydroxylation is 1. The molecule has 0 aliphatic carbocycles. The first kappa shape index (κ1) is 20.6. The average Bonchev–Trinajstić information content (AvgIpc) is 3.11. The number of alkyl halides is 3. The third kappa shape index (κ3) is 5.23. The van der Waals surface area contributed by atoms with Crippen LogP contribution in [0, 0.1) is 6.92 Å². The highest BCUT2D eigenvalue weighted by molar-refractivity contribution is 7.11. The maximum absolute atomic E-state index is 12.9. The van der Waals surface area contributed by atoms with Crippen LogP contribution in [0.25, 0.3) is 0 Å². The van der Waals surface area contributed by atoms with E-state index in [0.717, 1.165) is 37.8 Å². The van der Waals surface area contributed by atoms with Gasteiger partial charge in [-0.2, -0.15) is 13.2 Å². The molecule has 5 nitrogen and oxygen atoms in total. The number of rotatable bonds is 6. The standard InChI is InChI=1S/C19H23F3N4OS/c1-14-17(28-13-24-14)18(27)23-6-3-7-25-8-10-26(11-9-25)16-5-2-4-15(12-16)19(20,21)22/h2,4-5,12-13H,3,6-11H2,1H3,(H,23,27). The topological polar surface area (TPSA) is 48.5 Å². The van der Waals surface area contributed by atoms with Crippen molar-refractivity contribution >= 4 is 22.9 Å². The zero-order valence-corrected chi connectivity index (χ0v) is 16.4. The van der Waals surface area contributed by atoms with E-state index >= 15 is 0 Å². The average molecular weight is 412 g/mol. The van der Waals surface area contributed by atoms with Crippen molar-refractivity contribution in [2.75, 3.05) is 44.2 Å². The van der Waals surface area contributed by atoms with Gasteiger partial charge >= 0.3 is 6.18 Å². The molecular weight excluding hydrogens is 389 g/mol. The largest absolute Gasteiger partial charge is 0.416 e. The fourth-order valence-electron chi connectivity index (χ4n) is 3.21. The Morgan fingerprint density at radius 1 is 1.25 bits per heavy atom. The van der Waals surface area contributed by atoms with E-state index in [9.17, 15) is 18.0 Å². The Balaban J connectivity index is 1.40. The normalized spacial score (nSPS) is 15.6. The first-order valence-electron chi connectivity index (χ1n) is 9.17. The fourth-order valence-corrected chi connectivity index (χ4v) is 3.93. The molecule has 0 radical (unpaired) electrons. The Hall–Kier alpha value is -2.13. The second-order valence-electron chi connectivity index (χ2n) is 6.75. The summed E-state index contributed by atoms with van der Waals surface area (Å²) in [6, 6.07) is 5.49. The molecule has 1 aliphatic rings. The summed E-state index contributed by atoms with van der Waals surface area (Å²) in [4.78, 5) is 21.0. The summed E-state index contributed by atoms with van der Waals surface area (Å²) in [6.07, 6.45) is -3.49. The Morgan fingerprint density at radius 2 is 2.00 bits per heavy atom. The maximum Gasteiger partial charge on any atom is 0.416 e. The first-order chi connectivity index (χ1) is 13.3. The number of hydrogen-bond acceptors (Lipinski definition) is 5. The van der Waals surface area contributed by atoms with Gasteiger partial charge in [0.15, 0.2) is 0 Å². The number of carbonyl (C=O) groups is 1. The van der Waals surface area contributed by atoms with E-state index in [2.05, 4.69) is 15.2 Å². The van der Waals surface area contributed by atoms with Gasteiger partial charge in [0.25, 0.3) is 5.91 Å². The quantitative estimate of drug-likeness (QED) is 0.739. The van der Waals surface area contributed by atoms with Crippen LogP contribution in [-0.4, -0.2) is 55.1 Å². The molecule has 9 heteroatoms. The molecule has 1 aromatic carbocycles. The molecule has 28 heavy (non-hydrogen) atoms. The summed E-state index contributed by atoms with van der Waals surface area (Å²) in [7, 11) is 0. The van der Waals surface area contributed by atoms with E-state index < -0.39 is 11.7 Å². The lowest BCUT2D eigenvalue weighted by Gasteiger charge is -2.36. The molecule has 0 atom stereocenters. The van der Waals surface area contributed by atoms with Crippen LogP contribution in [0.3, 0.4) is 0 Å². The van der Waals surface area contributed by atoms with E-state index in [-0.39, 0.29) is 5.91 Å². The van der Waals surface area contributed by atoms with Gasteiger partial charge in [-0.1, -0.05) is 6.07 Å². The highest BCUT2D eigenvalue weighted by atomic mass is 32.1. The van der Waals surface area contributed by atoms with Gasteiger partial charge in [0.2, 0.25) is 0 Å². The number of benzene rings is 1. The molecule has 1 saturated heterocycles. The molecule has 0 spiro atoms. The van der Waals surface area contributed by atoms with Crippen LogP contribution in [0.1, 0.15) is 27.3 Å². The lowest BCUT2D eigenvalue weighted by atomic mass is 10.1. The van der Waals surface area contributed by atoms with Crippen molar-refractivity contribution in [3.63, 3.8) is 0 Å². The minimum absolute atomic E-state index is 0.0886. The number of carbonyl (C=O) groups excluding carboxylic acids is 1. The Bertz CT molecular complexity index is 800. The lowest BCUT2D eigenvalue weighted by molar-refractivity contribution is -0.137. The third-order valence-corrected chi connectivity index (χ3v) is 5.73. The van der Waals surface area contributed by atoms with Crippen LogP contribution in [0.5, 0.6) is 0 Å². The van der Waals surface area contributed by atoms with E-state index in [1.165, 1.54) is 23.5 Å². The van der Waals surface area contributed by atoms with Crippen molar-refractivity contribution in [2.45, 2.75) is 19.5 Å². The molecule has 152 valence electrons. The van der Waals surface area contributed by atoms with Gasteiger partial charge in [0.05, 0.1) is 16.8 Å². The van der Waals surface area contributed by atoms with Gasteiger partial charge in [0, 0.05) is 38.4 Å². The molecule has 1 aliphatic heterocycles. The number of amides is 1. The van der Waals surface area contributed by atoms with Gasteiger partial charge < -0.3 is 10.2 Å². The molecule has 1 N–H and O–H groups in total. The van der Waals surface area contributed by atoms with Crippen LogP contribution >= 0.6 is 11.3 Å². The summed E-state index contributed by atoms with van der Waals surface area (Å²) in [5.74, 6) is -0.0886. The number of aromatic nitrogens is 1. The van der Waals surface area contributed by atoms with E-state index in [0.29, 0.717) is 30.2 Å². The van der Waals surface area contributed by atoms with Crippen LogP contribution in [0.2, 0.25) is 0 Å². The van der Waals surface area contributed by atoms with Crippen molar-refractivity contribution in [2.24, 2.45) is 0 Å². The van der Waals surface area contributed by atoms with Crippen molar-refractivity contribution in [3.8, 4) is 0 Å². The molecule has 0 saturated carbocycles. The second kappa shape index (κ2) is 8.91. The molecule has 2 aromatic rings. The van der Waals surface area contributed by atoms with Gasteiger partial charge in [-0.05, 0) is 38.1 Å². The summed E-state index contributed by atoms with van der Waals surface area (Å²) in [5.41, 5.74) is 2.41. The van der Waals surface area contributed by atoms with E-state index in [1.54, 1.807) is 11.6 Å². The number of piperazine rings is 1. The smallest absolute Gasteiger partial charge is 0.369 e. The summed E-state index contributed by atoms with van der Waals surface area (Å²) in [6.45, 7) is 6.20. The van der Waals surface area contributed by atoms with Crippen molar-refractivity contribution < 1.29 is 18.0 Å². The first-order valence-corrected chi connectivity index (χ1v) is 10.1. The zero-order chi connectivity index (χ0) is 20.1. The highest BCUT2D eigenvalue weighted by Crippen LogP contribution is 2.31. The second-order valence-corrected chi connectivity index (χ2v) is 7.61. The molecule has 3 rings (SSSR count). The fraction of sp³-hybridized carbons (Fsp3) is 0.474. The Labute approximate surface area is 166 Å². The van der Waals surface area contributed by atoms with Crippen LogP contribution in [-0.2, 0) is 6.18 Å². The van der Waals surface area contributed by atoms with Crippen molar-refractivity contribution in [1.29, 1.82) is 0 Å². The minimum atomic E-state index is -4.32. The number of thiazole rings is 1. The summed E-state index contributed by atoms with van der Waals surface area (Å²) >= 11 is 1.33. The van der Waals surface area contributed by atoms with E-state index in [4.69, 9.17) is 0 Å².